The van der Waals surface area contributed by atoms with Crippen molar-refractivity contribution in [2.24, 2.45) is 11.8 Å². The molecule has 0 aromatic rings. The number of esters is 3. The molecule has 0 unspecified atom stereocenters. The maximum Gasteiger partial charge on any atom is 0.306 e. The van der Waals surface area contributed by atoms with E-state index in [2.05, 4.69) is 34.6 Å². The van der Waals surface area contributed by atoms with Gasteiger partial charge in [0.1, 0.15) is 13.2 Å². The number of carbonyl (C=O) groups excluding carboxylic acids is 3. The first-order chi connectivity index (χ1) is 33.2. The summed E-state index contributed by atoms with van der Waals surface area (Å²) in [5, 5.41) is 0. The molecule has 0 aliphatic rings. The van der Waals surface area contributed by atoms with Gasteiger partial charge in [0.2, 0.25) is 0 Å². The van der Waals surface area contributed by atoms with Gasteiger partial charge in [-0.2, -0.15) is 0 Å². The van der Waals surface area contributed by atoms with Crippen LogP contribution in [-0.4, -0.2) is 37.2 Å². The molecule has 1 atom stereocenters. The van der Waals surface area contributed by atoms with E-state index in [4.69, 9.17) is 14.2 Å². The van der Waals surface area contributed by atoms with Gasteiger partial charge in [0.05, 0.1) is 0 Å². The molecule has 0 heterocycles. The van der Waals surface area contributed by atoms with E-state index in [0.29, 0.717) is 19.3 Å². The standard InChI is InChI=1S/C62H120O6/c1-6-7-8-9-10-11-12-13-14-15-16-17-21-24-27-32-37-42-47-52-60(63)66-55-59(68-62(65)54-49-44-39-34-29-31-36-41-46-51-58(4)5)56-67-61(64)53-48-43-38-33-28-25-22-19-18-20-23-26-30-35-40-45-50-57(2)3/h57-59H,6-56H2,1-5H3/t59-/m1/s1. The number of hydrogen-bond acceptors (Lipinski definition) is 6. The fraction of sp³-hybridized carbons (Fsp3) is 0.952. The summed E-state index contributed by atoms with van der Waals surface area (Å²) < 4.78 is 16.9. The van der Waals surface area contributed by atoms with Crippen molar-refractivity contribution in [3.8, 4) is 0 Å². The maximum atomic E-state index is 12.8. The lowest BCUT2D eigenvalue weighted by Crippen LogP contribution is -2.30. The second-order valence-corrected chi connectivity index (χ2v) is 22.3. The highest BCUT2D eigenvalue weighted by Crippen LogP contribution is 2.19. The first kappa shape index (κ1) is 66.4. The summed E-state index contributed by atoms with van der Waals surface area (Å²) in [5.74, 6) is 0.822. The normalized spacial score (nSPS) is 12.0. The van der Waals surface area contributed by atoms with E-state index in [1.807, 2.05) is 0 Å². The van der Waals surface area contributed by atoms with Crippen molar-refractivity contribution in [3.63, 3.8) is 0 Å². The minimum atomic E-state index is -0.763. The Bertz CT molecular complexity index is 1040. The van der Waals surface area contributed by atoms with Crippen molar-refractivity contribution in [2.75, 3.05) is 13.2 Å². The van der Waals surface area contributed by atoms with E-state index in [9.17, 15) is 14.4 Å². The van der Waals surface area contributed by atoms with Crippen LogP contribution < -0.4 is 0 Å². The third-order valence-electron chi connectivity index (χ3n) is 14.2. The van der Waals surface area contributed by atoms with Crippen LogP contribution in [0.25, 0.3) is 0 Å². The van der Waals surface area contributed by atoms with Crippen LogP contribution in [0.1, 0.15) is 349 Å². The predicted molar refractivity (Wildman–Crippen MR) is 293 cm³/mol. The number of unbranched alkanes of at least 4 members (excludes halogenated alkanes) is 41. The largest absolute Gasteiger partial charge is 0.462 e. The van der Waals surface area contributed by atoms with Crippen molar-refractivity contribution < 1.29 is 28.6 Å². The Morgan fingerprint density at radius 2 is 0.485 bits per heavy atom. The Hall–Kier alpha value is -1.59. The van der Waals surface area contributed by atoms with E-state index in [1.165, 1.54) is 238 Å². The van der Waals surface area contributed by atoms with Gasteiger partial charge in [0, 0.05) is 19.3 Å². The Morgan fingerprint density at radius 1 is 0.279 bits per heavy atom. The fourth-order valence-corrected chi connectivity index (χ4v) is 9.58. The summed E-state index contributed by atoms with van der Waals surface area (Å²) in [7, 11) is 0. The Morgan fingerprint density at radius 3 is 0.721 bits per heavy atom. The van der Waals surface area contributed by atoms with E-state index < -0.39 is 6.10 Å². The van der Waals surface area contributed by atoms with Crippen LogP contribution in [0.15, 0.2) is 0 Å². The van der Waals surface area contributed by atoms with Gasteiger partial charge < -0.3 is 14.2 Å². The number of carbonyl (C=O) groups is 3. The zero-order valence-corrected chi connectivity index (χ0v) is 46.7. The van der Waals surface area contributed by atoms with Crippen LogP contribution in [0.2, 0.25) is 0 Å². The first-order valence-electron chi connectivity index (χ1n) is 30.7. The van der Waals surface area contributed by atoms with Gasteiger partial charge in [-0.1, -0.05) is 311 Å². The van der Waals surface area contributed by atoms with Crippen LogP contribution in [-0.2, 0) is 28.6 Å². The van der Waals surface area contributed by atoms with Gasteiger partial charge in [-0.3, -0.25) is 14.4 Å². The number of rotatable bonds is 56. The van der Waals surface area contributed by atoms with Crippen molar-refractivity contribution in [1.82, 2.24) is 0 Å². The molecule has 0 bridgehead atoms. The highest BCUT2D eigenvalue weighted by molar-refractivity contribution is 5.71. The molecule has 0 amide bonds. The van der Waals surface area contributed by atoms with Crippen molar-refractivity contribution in [2.45, 2.75) is 355 Å². The van der Waals surface area contributed by atoms with Crippen LogP contribution in [0.3, 0.4) is 0 Å². The molecule has 0 radical (unpaired) electrons. The topological polar surface area (TPSA) is 78.9 Å². The summed E-state index contributed by atoms with van der Waals surface area (Å²) in [5.41, 5.74) is 0. The summed E-state index contributed by atoms with van der Waals surface area (Å²) in [4.78, 5) is 38.2. The zero-order chi connectivity index (χ0) is 49.6. The Kier molecular flexibility index (Phi) is 53.5. The van der Waals surface area contributed by atoms with Crippen molar-refractivity contribution >= 4 is 17.9 Å². The van der Waals surface area contributed by atoms with Crippen molar-refractivity contribution in [1.29, 1.82) is 0 Å². The molecule has 6 nitrogen and oxygen atoms in total. The van der Waals surface area contributed by atoms with E-state index in [1.54, 1.807) is 0 Å². The highest BCUT2D eigenvalue weighted by Gasteiger charge is 2.19. The summed E-state index contributed by atoms with van der Waals surface area (Å²) in [6.45, 7) is 11.4. The zero-order valence-electron chi connectivity index (χ0n) is 46.7. The average molecular weight is 962 g/mol. The molecule has 0 fully saturated rings. The molecule has 0 aromatic heterocycles. The quantitative estimate of drug-likeness (QED) is 0.0343. The SMILES string of the molecule is CCCCCCCCCCCCCCCCCCCCCC(=O)OC[C@H](COC(=O)CCCCCCCCCCCCCCCCCCC(C)C)OC(=O)CCCCCCCCCCCC(C)C. The van der Waals surface area contributed by atoms with E-state index >= 15 is 0 Å². The van der Waals surface area contributed by atoms with Gasteiger partial charge in [-0.05, 0) is 31.1 Å². The maximum absolute atomic E-state index is 12.8. The molecule has 0 rings (SSSR count). The lowest BCUT2D eigenvalue weighted by molar-refractivity contribution is -0.167. The third kappa shape index (κ3) is 55.3. The molecule has 6 heteroatoms. The highest BCUT2D eigenvalue weighted by atomic mass is 16.6. The molecule has 0 saturated carbocycles. The second-order valence-electron chi connectivity index (χ2n) is 22.3. The van der Waals surface area contributed by atoms with Gasteiger partial charge in [0.25, 0.3) is 0 Å². The lowest BCUT2D eigenvalue weighted by Gasteiger charge is -2.18. The van der Waals surface area contributed by atoms with E-state index in [-0.39, 0.29) is 31.1 Å². The molecule has 404 valence electrons. The minimum absolute atomic E-state index is 0.0627. The first-order valence-corrected chi connectivity index (χ1v) is 30.7. The van der Waals surface area contributed by atoms with Gasteiger partial charge >= 0.3 is 17.9 Å². The molecule has 0 aromatic carbocycles. The van der Waals surface area contributed by atoms with Crippen LogP contribution >= 0.6 is 0 Å². The van der Waals surface area contributed by atoms with Crippen LogP contribution in [0.4, 0.5) is 0 Å². The van der Waals surface area contributed by atoms with Crippen LogP contribution in [0, 0.1) is 11.8 Å². The minimum Gasteiger partial charge on any atom is -0.462 e. The molecular formula is C62H120O6. The third-order valence-corrected chi connectivity index (χ3v) is 14.2. The fourth-order valence-electron chi connectivity index (χ4n) is 9.58. The van der Waals surface area contributed by atoms with Crippen LogP contribution in [0.5, 0.6) is 0 Å². The molecule has 68 heavy (non-hydrogen) atoms. The van der Waals surface area contributed by atoms with Crippen molar-refractivity contribution in [3.05, 3.63) is 0 Å². The summed E-state index contributed by atoms with van der Waals surface area (Å²) >= 11 is 0. The Balaban J connectivity index is 4.23. The lowest BCUT2D eigenvalue weighted by atomic mass is 10.0. The van der Waals surface area contributed by atoms with Gasteiger partial charge in [-0.25, -0.2) is 0 Å². The predicted octanol–water partition coefficient (Wildman–Crippen LogP) is 20.4. The number of ether oxygens (including phenoxy) is 3. The second kappa shape index (κ2) is 54.7. The Labute approximate surface area is 425 Å². The smallest absolute Gasteiger partial charge is 0.306 e. The molecule has 0 spiro atoms. The van der Waals surface area contributed by atoms with Gasteiger partial charge in [-0.15, -0.1) is 0 Å². The van der Waals surface area contributed by atoms with Gasteiger partial charge in [0.15, 0.2) is 6.10 Å². The summed E-state index contributed by atoms with van der Waals surface area (Å²) in [6, 6.07) is 0. The number of hydrogen-bond donors (Lipinski definition) is 0. The molecule has 0 N–H and O–H groups in total. The average Bonchev–Trinajstić information content (AvgIpc) is 3.31. The van der Waals surface area contributed by atoms with E-state index in [0.717, 1.165) is 69.6 Å². The molecule has 0 aliphatic carbocycles. The monoisotopic (exact) mass is 961 g/mol. The molecular weight excluding hydrogens is 841 g/mol. The molecule has 0 aliphatic heterocycles. The summed E-state index contributed by atoms with van der Waals surface area (Å²) in [6.07, 6.45) is 59.6. The molecule has 0 saturated heterocycles.